The monoisotopic (exact) mass is 195 g/mol. The number of nitrogens with one attached hydrogen (secondary N) is 1. The Balaban J connectivity index is 1.49. The lowest BCUT2D eigenvalue weighted by Crippen LogP contribution is -2.38. The second kappa shape index (κ2) is 3.21. The largest absolute Gasteiger partial charge is 0.396 e. The molecule has 2 heteroatoms. The zero-order valence-electron chi connectivity index (χ0n) is 8.84. The highest BCUT2D eigenvalue weighted by Gasteiger charge is 2.45. The standard InChI is InChI=1S/C12H21NO/c14-8-12(5-6-12)7-13-11(9-1-2-9)10-3-4-10/h9-11,13-14H,1-8H2. The summed E-state index contributed by atoms with van der Waals surface area (Å²) in [5.74, 6) is 1.97. The van der Waals surface area contributed by atoms with Gasteiger partial charge < -0.3 is 10.4 Å². The molecule has 3 aliphatic carbocycles. The van der Waals surface area contributed by atoms with Crippen molar-refractivity contribution < 1.29 is 5.11 Å². The second-order valence-electron chi connectivity index (χ2n) is 5.74. The average Bonchev–Trinajstić information content (AvgIpc) is 3.03. The maximum Gasteiger partial charge on any atom is 0.0499 e. The van der Waals surface area contributed by atoms with E-state index in [0.717, 1.165) is 24.4 Å². The van der Waals surface area contributed by atoms with Crippen LogP contribution in [0.3, 0.4) is 0 Å². The fourth-order valence-corrected chi connectivity index (χ4v) is 2.53. The average molecular weight is 195 g/mol. The molecule has 3 aliphatic rings. The van der Waals surface area contributed by atoms with E-state index in [2.05, 4.69) is 5.32 Å². The van der Waals surface area contributed by atoms with E-state index in [4.69, 9.17) is 0 Å². The molecule has 3 saturated carbocycles. The first kappa shape index (κ1) is 9.17. The molecule has 2 N–H and O–H groups in total. The van der Waals surface area contributed by atoms with Gasteiger partial charge in [0.25, 0.3) is 0 Å². The summed E-state index contributed by atoms with van der Waals surface area (Å²) < 4.78 is 0. The summed E-state index contributed by atoms with van der Waals surface area (Å²) in [5.41, 5.74) is 0.294. The van der Waals surface area contributed by atoms with Gasteiger partial charge in [0, 0.05) is 24.6 Å². The van der Waals surface area contributed by atoms with Gasteiger partial charge in [-0.15, -0.1) is 0 Å². The van der Waals surface area contributed by atoms with Crippen LogP contribution in [-0.4, -0.2) is 24.3 Å². The van der Waals surface area contributed by atoms with E-state index < -0.39 is 0 Å². The molecule has 0 atom stereocenters. The van der Waals surface area contributed by atoms with Crippen LogP contribution in [0.5, 0.6) is 0 Å². The van der Waals surface area contributed by atoms with Crippen molar-refractivity contribution in [3.05, 3.63) is 0 Å². The number of aliphatic hydroxyl groups excluding tert-OH is 1. The molecule has 0 radical (unpaired) electrons. The minimum absolute atomic E-state index is 0.294. The first-order chi connectivity index (χ1) is 6.83. The molecule has 0 heterocycles. The molecule has 2 nitrogen and oxygen atoms in total. The van der Waals surface area contributed by atoms with Gasteiger partial charge in [-0.3, -0.25) is 0 Å². The van der Waals surface area contributed by atoms with E-state index in [1.54, 1.807) is 0 Å². The predicted molar refractivity (Wildman–Crippen MR) is 56.0 cm³/mol. The van der Waals surface area contributed by atoms with Gasteiger partial charge >= 0.3 is 0 Å². The van der Waals surface area contributed by atoms with Gasteiger partial charge in [0.2, 0.25) is 0 Å². The van der Waals surface area contributed by atoms with E-state index >= 15 is 0 Å². The minimum atomic E-state index is 0.294. The van der Waals surface area contributed by atoms with Crippen molar-refractivity contribution in [1.29, 1.82) is 0 Å². The van der Waals surface area contributed by atoms with E-state index in [0.29, 0.717) is 12.0 Å². The molecule has 0 aliphatic heterocycles. The molecule has 0 aromatic rings. The molecule has 0 spiro atoms. The predicted octanol–water partition coefficient (Wildman–Crippen LogP) is 1.54. The SMILES string of the molecule is OCC1(CNC(C2CC2)C2CC2)CC1. The molecule has 0 amide bonds. The first-order valence-corrected chi connectivity index (χ1v) is 6.17. The van der Waals surface area contributed by atoms with Crippen LogP contribution in [0, 0.1) is 17.3 Å². The Morgan fingerprint density at radius 3 is 2.07 bits per heavy atom. The maximum absolute atomic E-state index is 9.24. The Kier molecular flexibility index (Phi) is 2.10. The molecule has 0 aromatic carbocycles. The normalized spacial score (nSPS) is 29.6. The van der Waals surface area contributed by atoms with E-state index in [9.17, 15) is 5.11 Å². The highest BCUT2D eigenvalue weighted by molar-refractivity contribution is 5.00. The quantitative estimate of drug-likeness (QED) is 0.674. The number of hydrogen-bond acceptors (Lipinski definition) is 2. The molecule has 3 rings (SSSR count). The van der Waals surface area contributed by atoms with Gasteiger partial charge in [-0.05, 0) is 50.4 Å². The van der Waals surface area contributed by atoms with Crippen LogP contribution in [0.1, 0.15) is 38.5 Å². The smallest absolute Gasteiger partial charge is 0.0499 e. The Hall–Kier alpha value is -0.0800. The van der Waals surface area contributed by atoms with Gasteiger partial charge in [-0.1, -0.05) is 0 Å². The molecular formula is C12H21NO. The van der Waals surface area contributed by atoms with Crippen molar-refractivity contribution in [2.24, 2.45) is 17.3 Å². The molecular weight excluding hydrogens is 174 g/mol. The van der Waals surface area contributed by atoms with Crippen LogP contribution < -0.4 is 5.32 Å². The van der Waals surface area contributed by atoms with Crippen LogP contribution in [0.25, 0.3) is 0 Å². The van der Waals surface area contributed by atoms with Crippen LogP contribution >= 0.6 is 0 Å². The summed E-state index contributed by atoms with van der Waals surface area (Å²) in [6, 6.07) is 0.805. The number of hydrogen-bond donors (Lipinski definition) is 2. The topological polar surface area (TPSA) is 32.3 Å². The van der Waals surface area contributed by atoms with Crippen molar-refractivity contribution in [1.82, 2.24) is 5.32 Å². The fourth-order valence-electron chi connectivity index (χ4n) is 2.53. The first-order valence-electron chi connectivity index (χ1n) is 6.17. The van der Waals surface area contributed by atoms with Crippen molar-refractivity contribution in [3.8, 4) is 0 Å². The van der Waals surface area contributed by atoms with Crippen LogP contribution in [0.15, 0.2) is 0 Å². The molecule has 14 heavy (non-hydrogen) atoms. The highest BCUT2D eigenvalue weighted by Crippen LogP contribution is 2.47. The highest BCUT2D eigenvalue weighted by atomic mass is 16.3. The Bertz CT molecular complexity index is 204. The molecule has 0 aromatic heterocycles. The lowest BCUT2D eigenvalue weighted by Gasteiger charge is -2.21. The Morgan fingerprint density at radius 1 is 1.14 bits per heavy atom. The number of aliphatic hydroxyl groups is 1. The van der Waals surface area contributed by atoms with Crippen LogP contribution in [0.2, 0.25) is 0 Å². The fraction of sp³-hybridized carbons (Fsp3) is 1.00. The molecule has 0 bridgehead atoms. The van der Waals surface area contributed by atoms with Crippen molar-refractivity contribution >= 4 is 0 Å². The van der Waals surface area contributed by atoms with Gasteiger partial charge in [0.15, 0.2) is 0 Å². The summed E-state index contributed by atoms with van der Waals surface area (Å²) in [4.78, 5) is 0. The number of rotatable bonds is 6. The van der Waals surface area contributed by atoms with Gasteiger partial charge in [-0.2, -0.15) is 0 Å². The Morgan fingerprint density at radius 2 is 1.71 bits per heavy atom. The van der Waals surface area contributed by atoms with Crippen molar-refractivity contribution in [3.63, 3.8) is 0 Å². The Labute approximate surface area is 86.1 Å². The zero-order chi connectivity index (χ0) is 9.60. The lowest BCUT2D eigenvalue weighted by molar-refractivity contribution is 0.200. The molecule has 80 valence electrons. The summed E-state index contributed by atoms with van der Waals surface area (Å²) >= 11 is 0. The maximum atomic E-state index is 9.24. The molecule has 3 fully saturated rings. The molecule has 0 saturated heterocycles. The minimum Gasteiger partial charge on any atom is -0.396 e. The van der Waals surface area contributed by atoms with Gasteiger partial charge in [-0.25, -0.2) is 0 Å². The summed E-state index contributed by atoms with van der Waals surface area (Å²) in [6.45, 7) is 1.46. The summed E-state index contributed by atoms with van der Waals surface area (Å²) in [5, 5.41) is 13.0. The third-order valence-corrected chi connectivity index (χ3v) is 4.27. The summed E-state index contributed by atoms with van der Waals surface area (Å²) in [6.07, 6.45) is 8.25. The lowest BCUT2D eigenvalue weighted by atomic mass is 10.0. The van der Waals surface area contributed by atoms with Gasteiger partial charge in [0.05, 0.1) is 0 Å². The van der Waals surface area contributed by atoms with E-state index in [-0.39, 0.29) is 0 Å². The van der Waals surface area contributed by atoms with Crippen molar-refractivity contribution in [2.45, 2.75) is 44.6 Å². The molecule has 0 unspecified atom stereocenters. The third-order valence-electron chi connectivity index (χ3n) is 4.27. The van der Waals surface area contributed by atoms with E-state index in [1.807, 2.05) is 0 Å². The second-order valence-corrected chi connectivity index (χ2v) is 5.74. The van der Waals surface area contributed by atoms with Crippen LogP contribution in [0.4, 0.5) is 0 Å². The van der Waals surface area contributed by atoms with Crippen LogP contribution in [-0.2, 0) is 0 Å². The summed E-state index contributed by atoms with van der Waals surface area (Å²) in [7, 11) is 0. The van der Waals surface area contributed by atoms with Crippen molar-refractivity contribution in [2.75, 3.05) is 13.2 Å². The van der Waals surface area contributed by atoms with Gasteiger partial charge in [0.1, 0.15) is 0 Å². The third kappa shape index (κ3) is 1.82. The zero-order valence-corrected chi connectivity index (χ0v) is 8.84. The van der Waals surface area contributed by atoms with E-state index in [1.165, 1.54) is 38.5 Å².